The van der Waals surface area contributed by atoms with Crippen LogP contribution in [0.2, 0.25) is 0 Å². The molecule has 1 aromatic rings. The average Bonchev–Trinajstić information content (AvgIpc) is 2.56. The third kappa shape index (κ3) is 0.719. The molecule has 1 aliphatic carbocycles. The zero-order valence-corrected chi connectivity index (χ0v) is 7.20. The van der Waals surface area contributed by atoms with E-state index in [1.807, 2.05) is 12.5 Å². The van der Waals surface area contributed by atoms with E-state index in [0.717, 1.165) is 17.9 Å². The zero-order valence-electron chi connectivity index (χ0n) is 7.20. The average molecular weight is 163 g/mol. The van der Waals surface area contributed by atoms with Gasteiger partial charge in [-0.25, -0.2) is 4.98 Å². The van der Waals surface area contributed by atoms with Crippen LogP contribution in [-0.4, -0.2) is 22.6 Å². The van der Waals surface area contributed by atoms with Crippen LogP contribution in [0, 0.1) is 18.8 Å². The largest absolute Gasteiger partial charge is 0.331 e. The van der Waals surface area contributed by atoms with Crippen LogP contribution in [0.3, 0.4) is 0 Å². The van der Waals surface area contributed by atoms with E-state index < -0.39 is 0 Å². The summed E-state index contributed by atoms with van der Waals surface area (Å²) in [5, 5.41) is 3.40. The summed E-state index contributed by atoms with van der Waals surface area (Å²) in [7, 11) is 0. The number of imidazole rings is 1. The summed E-state index contributed by atoms with van der Waals surface area (Å²) in [6, 6.07) is 0.758. The summed E-state index contributed by atoms with van der Waals surface area (Å²) in [5.41, 5.74) is 1.30. The number of nitrogens with zero attached hydrogens (tertiary/aromatic N) is 2. The lowest BCUT2D eigenvalue weighted by Crippen LogP contribution is -2.16. The Bertz CT molecular complexity index is 294. The molecule has 0 amide bonds. The van der Waals surface area contributed by atoms with E-state index in [1.54, 1.807) is 0 Å². The zero-order chi connectivity index (χ0) is 8.13. The Morgan fingerprint density at radius 2 is 2.25 bits per heavy atom. The summed E-state index contributed by atoms with van der Waals surface area (Å²) in [5.74, 6) is 1.77. The van der Waals surface area contributed by atoms with Gasteiger partial charge in [-0.3, -0.25) is 0 Å². The minimum absolute atomic E-state index is 0.758. The first-order chi connectivity index (χ1) is 5.88. The fraction of sp³-hybridized carbons (Fsp3) is 0.667. The Labute approximate surface area is 71.8 Å². The second-order valence-corrected chi connectivity index (χ2v) is 3.92. The summed E-state index contributed by atoms with van der Waals surface area (Å²) in [6.07, 6.45) is 3.92. The van der Waals surface area contributed by atoms with Crippen molar-refractivity contribution >= 4 is 0 Å². The van der Waals surface area contributed by atoms with Gasteiger partial charge < -0.3 is 9.88 Å². The van der Waals surface area contributed by atoms with Gasteiger partial charge >= 0.3 is 0 Å². The minimum Gasteiger partial charge on any atom is -0.331 e. The van der Waals surface area contributed by atoms with Crippen molar-refractivity contribution in [3.8, 4) is 0 Å². The molecule has 12 heavy (non-hydrogen) atoms. The second kappa shape index (κ2) is 2.10. The molecule has 2 heterocycles. The van der Waals surface area contributed by atoms with Gasteiger partial charge in [0.15, 0.2) is 0 Å². The molecule has 1 N–H and O–H groups in total. The van der Waals surface area contributed by atoms with Crippen LogP contribution in [-0.2, 0) is 0 Å². The van der Waals surface area contributed by atoms with Crippen molar-refractivity contribution in [1.29, 1.82) is 0 Å². The molecule has 1 saturated carbocycles. The molecule has 3 nitrogen and oxygen atoms in total. The highest BCUT2D eigenvalue weighted by Gasteiger charge is 2.54. The third-order valence-electron chi connectivity index (χ3n) is 3.23. The maximum absolute atomic E-state index is 4.15. The Morgan fingerprint density at radius 3 is 2.83 bits per heavy atom. The lowest BCUT2D eigenvalue weighted by atomic mass is 10.4. The number of nitrogens with one attached hydrogen (secondary N) is 1. The van der Waals surface area contributed by atoms with Gasteiger partial charge in [0.25, 0.3) is 0 Å². The van der Waals surface area contributed by atoms with Crippen molar-refractivity contribution < 1.29 is 0 Å². The molecule has 64 valence electrons. The molecule has 0 spiro atoms. The van der Waals surface area contributed by atoms with E-state index in [4.69, 9.17) is 0 Å². The van der Waals surface area contributed by atoms with E-state index in [-0.39, 0.29) is 0 Å². The number of aromatic nitrogens is 2. The first kappa shape index (κ1) is 6.66. The van der Waals surface area contributed by atoms with Crippen molar-refractivity contribution in [2.75, 3.05) is 13.1 Å². The molecule has 2 unspecified atom stereocenters. The Morgan fingerprint density at radius 1 is 1.50 bits per heavy atom. The predicted octanol–water partition coefficient (Wildman–Crippen LogP) is 0.582. The molecule has 3 heteroatoms. The van der Waals surface area contributed by atoms with Crippen LogP contribution in [0.25, 0.3) is 0 Å². The topological polar surface area (TPSA) is 29.9 Å². The SMILES string of the molecule is Cc1cncn1C1C2CNCC21. The maximum Gasteiger partial charge on any atom is 0.0950 e. The van der Waals surface area contributed by atoms with E-state index in [0.29, 0.717) is 0 Å². The lowest BCUT2D eigenvalue weighted by molar-refractivity contribution is 0.560. The normalized spacial score (nSPS) is 38.2. The van der Waals surface area contributed by atoms with Crippen LogP contribution in [0.4, 0.5) is 0 Å². The molecule has 1 aliphatic heterocycles. The van der Waals surface area contributed by atoms with Gasteiger partial charge in [-0.15, -0.1) is 0 Å². The molecule has 3 rings (SSSR count). The van der Waals surface area contributed by atoms with E-state index in [1.165, 1.54) is 18.8 Å². The molecule has 0 radical (unpaired) electrons. The molecule has 1 aromatic heterocycles. The molecule has 0 bridgehead atoms. The van der Waals surface area contributed by atoms with Gasteiger partial charge in [0.1, 0.15) is 0 Å². The van der Waals surface area contributed by atoms with Gasteiger partial charge in [0, 0.05) is 31.0 Å². The van der Waals surface area contributed by atoms with Crippen LogP contribution >= 0.6 is 0 Å². The van der Waals surface area contributed by atoms with Crippen LogP contribution in [0.1, 0.15) is 11.7 Å². The number of aryl methyl sites for hydroxylation is 1. The number of hydrogen-bond donors (Lipinski definition) is 1. The number of fused-ring (bicyclic) bond motifs is 1. The molecule has 2 fully saturated rings. The number of hydrogen-bond acceptors (Lipinski definition) is 2. The highest BCUT2D eigenvalue weighted by Crippen LogP contribution is 2.52. The molecule has 2 aliphatic rings. The van der Waals surface area contributed by atoms with Gasteiger partial charge in [-0.1, -0.05) is 0 Å². The fourth-order valence-corrected chi connectivity index (χ4v) is 2.48. The van der Waals surface area contributed by atoms with Crippen LogP contribution in [0.15, 0.2) is 12.5 Å². The highest BCUT2D eigenvalue weighted by molar-refractivity contribution is 5.12. The van der Waals surface area contributed by atoms with E-state index >= 15 is 0 Å². The standard InChI is InChI=1S/C9H13N3/c1-6-2-11-5-12(6)9-7-3-10-4-8(7)9/h2,5,7-10H,3-4H2,1H3. The maximum atomic E-state index is 4.15. The number of rotatable bonds is 1. The second-order valence-electron chi connectivity index (χ2n) is 3.92. The van der Waals surface area contributed by atoms with E-state index in [2.05, 4.69) is 21.8 Å². The summed E-state index contributed by atoms with van der Waals surface area (Å²) in [6.45, 7) is 4.54. The van der Waals surface area contributed by atoms with Crippen LogP contribution < -0.4 is 5.32 Å². The Balaban J connectivity index is 1.89. The van der Waals surface area contributed by atoms with Gasteiger partial charge in [0.05, 0.1) is 6.33 Å². The molecule has 2 atom stereocenters. The fourth-order valence-electron chi connectivity index (χ4n) is 2.48. The van der Waals surface area contributed by atoms with Gasteiger partial charge in [-0.2, -0.15) is 0 Å². The predicted molar refractivity (Wildman–Crippen MR) is 45.9 cm³/mol. The van der Waals surface area contributed by atoms with Crippen molar-refractivity contribution in [3.63, 3.8) is 0 Å². The van der Waals surface area contributed by atoms with Crippen LogP contribution in [0.5, 0.6) is 0 Å². The monoisotopic (exact) mass is 163 g/mol. The smallest absolute Gasteiger partial charge is 0.0950 e. The van der Waals surface area contributed by atoms with Crippen molar-refractivity contribution in [2.45, 2.75) is 13.0 Å². The van der Waals surface area contributed by atoms with Crippen molar-refractivity contribution in [3.05, 3.63) is 18.2 Å². The van der Waals surface area contributed by atoms with E-state index in [9.17, 15) is 0 Å². The third-order valence-corrected chi connectivity index (χ3v) is 3.23. The lowest BCUT2D eigenvalue weighted by Gasteiger charge is -2.07. The Hall–Kier alpha value is -0.830. The summed E-state index contributed by atoms with van der Waals surface area (Å²) in [4.78, 5) is 4.15. The number of piperidine rings is 1. The first-order valence-electron chi connectivity index (χ1n) is 4.57. The highest BCUT2D eigenvalue weighted by atomic mass is 15.2. The van der Waals surface area contributed by atoms with Crippen molar-refractivity contribution in [2.24, 2.45) is 11.8 Å². The van der Waals surface area contributed by atoms with Gasteiger partial charge in [-0.05, 0) is 18.8 Å². The summed E-state index contributed by atoms with van der Waals surface area (Å²) < 4.78 is 2.33. The quantitative estimate of drug-likeness (QED) is 0.656. The molecule has 0 aromatic carbocycles. The molecular weight excluding hydrogens is 150 g/mol. The Kier molecular flexibility index (Phi) is 1.17. The minimum atomic E-state index is 0.758. The summed E-state index contributed by atoms with van der Waals surface area (Å²) >= 11 is 0. The molecular formula is C9H13N3. The van der Waals surface area contributed by atoms with Gasteiger partial charge in [0.2, 0.25) is 0 Å². The first-order valence-corrected chi connectivity index (χ1v) is 4.57. The van der Waals surface area contributed by atoms with Crippen molar-refractivity contribution in [1.82, 2.24) is 14.9 Å². The molecule has 1 saturated heterocycles.